The summed E-state index contributed by atoms with van der Waals surface area (Å²) in [7, 11) is 1.62. The molecule has 1 aliphatic heterocycles. The predicted octanol–water partition coefficient (Wildman–Crippen LogP) is 1.99. The number of benzene rings is 1. The quantitative estimate of drug-likeness (QED) is 0.822. The van der Waals surface area contributed by atoms with Crippen LogP contribution in [0, 0.1) is 11.2 Å². The Kier molecular flexibility index (Phi) is 2.65. The van der Waals surface area contributed by atoms with Gasteiger partial charge in [0, 0.05) is 13.1 Å². The number of nitrogens with one attached hydrogen (secondary N) is 1. The van der Waals surface area contributed by atoms with Crippen molar-refractivity contribution in [3.8, 4) is 5.75 Å². The molecule has 0 unspecified atom stereocenters. The largest absolute Gasteiger partial charge is 0.496 e. The van der Waals surface area contributed by atoms with E-state index in [9.17, 15) is 4.39 Å². The fourth-order valence-electron chi connectivity index (χ4n) is 2.02. The maximum atomic E-state index is 13.1. The molecular weight excluding hydrogens is 193 g/mol. The molecule has 1 aromatic carbocycles. The molecule has 1 saturated heterocycles. The number of methoxy groups -OCH3 is 1. The fraction of sp³-hybridized carbons (Fsp3) is 0.500. The van der Waals surface area contributed by atoms with Crippen molar-refractivity contribution in [1.29, 1.82) is 0 Å². The fourth-order valence-corrected chi connectivity index (χ4v) is 2.02. The highest BCUT2D eigenvalue weighted by Gasteiger charge is 2.32. The molecule has 2 rings (SSSR count). The van der Waals surface area contributed by atoms with Gasteiger partial charge in [-0.3, -0.25) is 0 Å². The summed E-state index contributed by atoms with van der Waals surface area (Å²) in [5.74, 6) is 0.589. The smallest absolute Gasteiger partial charge is 0.123 e. The van der Waals surface area contributed by atoms with Crippen LogP contribution in [0.3, 0.4) is 0 Å². The average molecular weight is 209 g/mol. The molecule has 1 aromatic rings. The van der Waals surface area contributed by atoms with Crippen LogP contribution in [0.15, 0.2) is 18.2 Å². The molecule has 3 heteroatoms. The van der Waals surface area contributed by atoms with Gasteiger partial charge in [-0.25, -0.2) is 4.39 Å². The van der Waals surface area contributed by atoms with Crippen LogP contribution < -0.4 is 10.1 Å². The zero-order valence-electron chi connectivity index (χ0n) is 9.14. The Balaban J connectivity index is 2.21. The van der Waals surface area contributed by atoms with E-state index in [0.29, 0.717) is 0 Å². The second-order valence-electron chi connectivity index (χ2n) is 4.55. The first kappa shape index (κ1) is 10.4. The monoisotopic (exact) mass is 209 g/mol. The summed E-state index contributed by atoms with van der Waals surface area (Å²) in [4.78, 5) is 0. The number of hydrogen-bond acceptors (Lipinski definition) is 2. The first-order chi connectivity index (χ1) is 7.13. The van der Waals surface area contributed by atoms with E-state index in [2.05, 4.69) is 12.2 Å². The number of ether oxygens (including phenoxy) is 1. The van der Waals surface area contributed by atoms with Gasteiger partial charge < -0.3 is 10.1 Å². The van der Waals surface area contributed by atoms with Gasteiger partial charge in [0.25, 0.3) is 0 Å². The van der Waals surface area contributed by atoms with Gasteiger partial charge >= 0.3 is 0 Å². The maximum absolute atomic E-state index is 13.1. The molecule has 0 bridgehead atoms. The molecule has 1 aliphatic rings. The van der Waals surface area contributed by atoms with Crippen LogP contribution in [0.4, 0.5) is 4.39 Å². The second-order valence-corrected chi connectivity index (χ2v) is 4.55. The lowest BCUT2D eigenvalue weighted by Crippen LogP contribution is -2.52. The van der Waals surface area contributed by atoms with Gasteiger partial charge in [0.15, 0.2) is 0 Å². The van der Waals surface area contributed by atoms with Crippen molar-refractivity contribution in [3.63, 3.8) is 0 Å². The van der Waals surface area contributed by atoms with Gasteiger partial charge in [-0.1, -0.05) is 6.92 Å². The van der Waals surface area contributed by atoms with E-state index >= 15 is 0 Å². The molecule has 15 heavy (non-hydrogen) atoms. The van der Waals surface area contributed by atoms with Crippen LogP contribution in [0.1, 0.15) is 12.5 Å². The van der Waals surface area contributed by atoms with Gasteiger partial charge in [-0.15, -0.1) is 0 Å². The summed E-state index contributed by atoms with van der Waals surface area (Å²) < 4.78 is 18.3. The van der Waals surface area contributed by atoms with Gasteiger partial charge in [0.05, 0.1) is 7.11 Å². The maximum Gasteiger partial charge on any atom is 0.123 e. The van der Waals surface area contributed by atoms with Crippen molar-refractivity contribution in [2.45, 2.75) is 13.3 Å². The van der Waals surface area contributed by atoms with Crippen molar-refractivity contribution in [3.05, 3.63) is 29.6 Å². The minimum Gasteiger partial charge on any atom is -0.496 e. The van der Waals surface area contributed by atoms with Crippen molar-refractivity contribution in [2.24, 2.45) is 5.41 Å². The molecule has 0 radical (unpaired) electrons. The number of rotatable bonds is 3. The lowest BCUT2D eigenvalue weighted by atomic mass is 9.78. The van der Waals surface area contributed by atoms with Crippen LogP contribution in [0.25, 0.3) is 0 Å². The van der Waals surface area contributed by atoms with Crippen molar-refractivity contribution < 1.29 is 9.13 Å². The van der Waals surface area contributed by atoms with Crippen LogP contribution in [-0.2, 0) is 6.42 Å². The molecule has 0 saturated carbocycles. The summed E-state index contributed by atoms with van der Waals surface area (Å²) >= 11 is 0. The highest BCUT2D eigenvalue weighted by atomic mass is 19.1. The third-order valence-electron chi connectivity index (χ3n) is 2.96. The van der Waals surface area contributed by atoms with E-state index < -0.39 is 0 Å². The molecule has 1 fully saturated rings. The summed E-state index contributed by atoms with van der Waals surface area (Å²) in [6.45, 7) is 4.19. The summed E-state index contributed by atoms with van der Waals surface area (Å²) in [6, 6.07) is 4.70. The average Bonchev–Trinajstić information content (AvgIpc) is 2.16. The third kappa shape index (κ3) is 2.12. The van der Waals surface area contributed by atoms with Crippen molar-refractivity contribution in [1.82, 2.24) is 5.32 Å². The Morgan fingerprint density at radius 2 is 2.20 bits per heavy atom. The molecule has 82 valence electrons. The molecule has 0 spiro atoms. The zero-order valence-corrected chi connectivity index (χ0v) is 9.14. The van der Waals surface area contributed by atoms with Gasteiger partial charge in [-0.2, -0.15) is 0 Å². The van der Waals surface area contributed by atoms with E-state index in [4.69, 9.17) is 4.74 Å². The first-order valence-electron chi connectivity index (χ1n) is 5.16. The lowest BCUT2D eigenvalue weighted by Gasteiger charge is -2.39. The van der Waals surface area contributed by atoms with Crippen molar-refractivity contribution in [2.75, 3.05) is 20.2 Å². The highest BCUT2D eigenvalue weighted by molar-refractivity contribution is 5.35. The van der Waals surface area contributed by atoms with E-state index in [0.717, 1.165) is 30.8 Å². The minimum atomic E-state index is -0.193. The van der Waals surface area contributed by atoms with Gasteiger partial charge in [0.1, 0.15) is 11.6 Å². The van der Waals surface area contributed by atoms with E-state index in [1.165, 1.54) is 6.07 Å². The second kappa shape index (κ2) is 3.81. The van der Waals surface area contributed by atoms with Crippen molar-refractivity contribution >= 4 is 0 Å². The van der Waals surface area contributed by atoms with Crippen LogP contribution in [0.5, 0.6) is 5.75 Å². The Morgan fingerprint density at radius 1 is 1.47 bits per heavy atom. The molecule has 0 amide bonds. The third-order valence-corrected chi connectivity index (χ3v) is 2.96. The highest BCUT2D eigenvalue weighted by Crippen LogP contribution is 2.31. The molecule has 0 atom stereocenters. The minimum absolute atomic E-state index is 0.193. The summed E-state index contributed by atoms with van der Waals surface area (Å²) in [5, 5.41) is 3.24. The van der Waals surface area contributed by atoms with Gasteiger partial charge in [0.2, 0.25) is 0 Å². The van der Waals surface area contributed by atoms with Crippen LogP contribution >= 0.6 is 0 Å². The Morgan fingerprint density at radius 3 is 2.73 bits per heavy atom. The lowest BCUT2D eigenvalue weighted by molar-refractivity contribution is 0.193. The van der Waals surface area contributed by atoms with Crippen LogP contribution in [-0.4, -0.2) is 20.2 Å². The predicted molar refractivity (Wildman–Crippen MR) is 57.6 cm³/mol. The topological polar surface area (TPSA) is 21.3 Å². The normalized spacial score (nSPS) is 18.3. The Bertz CT molecular complexity index is 361. The Labute approximate surface area is 89.4 Å². The van der Waals surface area contributed by atoms with E-state index in [1.54, 1.807) is 19.2 Å². The summed E-state index contributed by atoms with van der Waals surface area (Å²) in [6.07, 6.45) is 0.862. The van der Waals surface area contributed by atoms with Crippen LogP contribution in [0.2, 0.25) is 0 Å². The molecule has 1 heterocycles. The molecule has 1 N–H and O–H groups in total. The zero-order chi connectivity index (χ0) is 10.9. The standard InChI is InChI=1S/C12H16FNO/c1-12(7-14-8-12)6-9-5-10(13)3-4-11(9)15-2/h3-5,14H,6-8H2,1-2H3. The Hall–Kier alpha value is -1.09. The van der Waals surface area contributed by atoms with E-state index in [-0.39, 0.29) is 11.2 Å². The SMILES string of the molecule is COc1ccc(F)cc1CC1(C)CNC1. The van der Waals surface area contributed by atoms with Gasteiger partial charge in [-0.05, 0) is 35.6 Å². The summed E-state index contributed by atoms with van der Waals surface area (Å²) in [5.41, 5.74) is 1.21. The molecule has 2 nitrogen and oxygen atoms in total. The molecule has 0 aliphatic carbocycles. The van der Waals surface area contributed by atoms with E-state index in [1.807, 2.05) is 0 Å². The number of halogens is 1. The molecular formula is C12H16FNO. The molecule has 0 aromatic heterocycles. The first-order valence-corrected chi connectivity index (χ1v) is 5.16. The number of hydrogen-bond donors (Lipinski definition) is 1.